The summed E-state index contributed by atoms with van der Waals surface area (Å²) >= 11 is 0. The van der Waals surface area contributed by atoms with Gasteiger partial charge < -0.3 is 10.8 Å². The largest absolute Gasteiger partial charge is 0.480 e. The molecule has 4 N–H and O–H groups in total. The summed E-state index contributed by atoms with van der Waals surface area (Å²) in [5.41, 5.74) is 4.90. The molecule has 0 bridgehead atoms. The van der Waals surface area contributed by atoms with Crippen LogP contribution in [0.4, 0.5) is 0 Å². The highest BCUT2D eigenvalue weighted by molar-refractivity contribution is 7.89. The molecule has 0 radical (unpaired) electrons. The van der Waals surface area contributed by atoms with Crippen LogP contribution in [-0.2, 0) is 19.6 Å². The molecule has 1 rings (SSSR count). The molecular formula is C10H13N3O5S. The minimum Gasteiger partial charge on any atom is -0.480 e. The maximum absolute atomic E-state index is 11.9. The zero-order valence-electron chi connectivity index (χ0n) is 9.81. The lowest BCUT2D eigenvalue weighted by molar-refractivity contribution is -0.139. The molecule has 0 saturated carbocycles. The van der Waals surface area contributed by atoms with Crippen LogP contribution < -0.4 is 10.5 Å². The van der Waals surface area contributed by atoms with Gasteiger partial charge in [0.15, 0.2) is 0 Å². The Kier molecular flexibility index (Phi) is 4.95. The molecule has 1 atom stereocenters. The average Bonchev–Trinajstić information content (AvgIpc) is 2.35. The monoisotopic (exact) mass is 287 g/mol. The van der Waals surface area contributed by atoms with Crippen molar-refractivity contribution in [2.24, 2.45) is 5.73 Å². The van der Waals surface area contributed by atoms with E-state index in [1.165, 1.54) is 18.3 Å². The SMILES string of the molecule is NC(=O)CCC(NS(=O)(=O)c1cccnc1)C(=O)O. The number of amides is 1. The Morgan fingerprint density at radius 1 is 1.47 bits per heavy atom. The maximum atomic E-state index is 11.9. The molecule has 9 heteroatoms. The fraction of sp³-hybridized carbons (Fsp3) is 0.300. The van der Waals surface area contributed by atoms with Crippen LogP contribution in [0.5, 0.6) is 0 Å². The van der Waals surface area contributed by atoms with Crippen molar-refractivity contribution < 1.29 is 23.1 Å². The lowest BCUT2D eigenvalue weighted by atomic mass is 10.2. The highest BCUT2D eigenvalue weighted by Gasteiger charge is 2.25. The maximum Gasteiger partial charge on any atom is 0.321 e. The fourth-order valence-corrected chi connectivity index (χ4v) is 2.47. The number of nitrogens with two attached hydrogens (primary N) is 1. The van der Waals surface area contributed by atoms with Gasteiger partial charge in [-0.25, -0.2) is 8.42 Å². The van der Waals surface area contributed by atoms with Gasteiger partial charge in [-0.05, 0) is 18.6 Å². The molecule has 1 aromatic heterocycles. The first-order chi connectivity index (χ1) is 8.83. The first kappa shape index (κ1) is 15.1. The van der Waals surface area contributed by atoms with Crippen LogP contribution in [0.25, 0.3) is 0 Å². The third-order valence-corrected chi connectivity index (χ3v) is 3.68. The highest BCUT2D eigenvalue weighted by atomic mass is 32.2. The van der Waals surface area contributed by atoms with Crippen molar-refractivity contribution in [1.29, 1.82) is 0 Å². The standard InChI is InChI=1S/C10H13N3O5S/c11-9(14)4-3-8(10(15)16)13-19(17,18)7-2-1-5-12-6-7/h1-2,5-6,8,13H,3-4H2,(H2,11,14)(H,15,16). The van der Waals surface area contributed by atoms with Crippen LogP contribution >= 0.6 is 0 Å². The molecule has 0 fully saturated rings. The van der Waals surface area contributed by atoms with Crippen LogP contribution in [0.15, 0.2) is 29.4 Å². The van der Waals surface area contributed by atoms with Crippen LogP contribution in [0.2, 0.25) is 0 Å². The summed E-state index contributed by atoms with van der Waals surface area (Å²) < 4.78 is 25.7. The molecule has 1 amide bonds. The molecule has 1 unspecified atom stereocenters. The first-order valence-electron chi connectivity index (χ1n) is 5.26. The number of carboxylic acid groups (broad SMARTS) is 1. The molecule has 104 valence electrons. The van der Waals surface area contributed by atoms with Crippen LogP contribution in [0.1, 0.15) is 12.8 Å². The highest BCUT2D eigenvalue weighted by Crippen LogP contribution is 2.08. The molecule has 0 spiro atoms. The third-order valence-electron chi connectivity index (χ3n) is 2.22. The number of hydrogen-bond donors (Lipinski definition) is 3. The van der Waals surface area contributed by atoms with Gasteiger partial charge in [-0.3, -0.25) is 14.6 Å². The van der Waals surface area contributed by atoms with Gasteiger partial charge >= 0.3 is 5.97 Å². The summed E-state index contributed by atoms with van der Waals surface area (Å²) in [7, 11) is -4.00. The van der Waals surface area contributed by atoms with E-state index in [9.17, 15) is 18.0 Å². The van der Waals surface area contributed by atoms with E-state index in [-0.39, 0.29) is 17.7 Å². The van der Waals surface area contributed by atoms with Gasteiger partial charge in [0.2, 0.25) is 15.9 Å². The van der Waals surface area contributed by atoms with Crippen LogP contribution in [0.3, 0.4) is 0 Å². The molecule has 1 heterocycles. The zero-order valence-corrected chi connectivity index (χ0v) is 10.6. The first-order valence-corrected chi connectivity index (χ1v) is 6.74. The Hall–Kier alpha value is -2.00. The topological polar surface area (TPSA) is 139 Å². The Labute approximate surface area is 109 Å². The number of rotatable bonds is 7. The molecule has 0 aliphatic carbocycles. The molecule has 0 saturated heterocycles. The average molecular weight is 287 g/mol. The van der Waals surface area contributed by atoms with E-state index in [1.807, 2.05) is 4.72 Å². The molecule has 19 heavy (non-hydrogen) atoms. The number of sulfonamides is 1. The number of carbonyl (C=O) groups excluding carboxylic acids is 1. The van der Waals surface area contributed by atoms with E-state index < -0.39 is 27.9 Å². The molecule has 0 aliphatic rings. The predicted octanol–water partition coefficient (Wildman–Crippen LogP) is -0.921. The minimum absolute atomic E-state index is 0.152. The smallest absolute Gasteiger partial charge is 0.321 e. The Bertz CT molecular complexity index is 558. The Morgan fingerprint density at radius 2 is 2.16 bits per heavy atom. The second-order valence-corrected chi connectivity index (χ2v) is 5.42. The number of nitrogens with one attached hydrogen (secondary N) is 1. The molecule has 8 nitrogen and oxygen atoms in total. The van der Waals surface area contributed by atoms with Crippen molar-refractivity contribution in [3.05, 3.63) is 24.5 Å². The van der Waals surface area contributed by atoms with Crippen molar-refractivity contribution >= 4 is 21.9 Å². The number of primary amides is 1. The van der Waals surface area contributed by atoms with E-state index >= 15 is 0 Å². The quantitative estimate of drug-likeness (QED) is 0.592. The van der Waals surface area contributed by atoms with Gasteiger partial charge in [0.25, 0.3) is 0 Å². The van der Waals surface area contributed by atoms with E-state index in [1.54, 1.807) is 0 Å². The summed E-state index contributed by atoms with van der Waals surface area (Å²) in [4.78, 5) is 25.0. The summed E-state index contributed by atoms with van der Waals surface area (Å²) in [5, 5.41) is 8.90. The van der Waals surface area contributed by atoms with E-state index in [2.05, 4.69) is 4.98 Å². The normalized spacial score (nSPS) is 12.8. The molecule has 0 aromatic carbocycles. The number of aliphatic carboxylic acids is 1. The second-order valence-electron chi connectivity index (χ2n) is 3.71. The van der Waals surface area contributed by atoms with Gasteiger partial charge in [-0.15, -0.1) is 0 Å². The number of nitrogens with zero attached hydrogens (tertiary/aromatic N) is 1. The van der Waals surface area contributed by atoms with Crippen molar-refractivity contribution in [1.82, 2.24) is 9.71 Å². The van der Waals surface area contributed by atoms with Gasteiger partial charge in [0.1, 0.15) is 10.9 Å². The van der Waals surface area contributed by atoms with Gasteiger partial charge in [0.05, 0.1) is 0 Å². The number of carbonyl (C=O) groups is 2. The van der Waals surface area contributed by atoms with Crippen LogP contribution in [0, 0.1) is 0 Å². The number of hydrogen-bond acceptors (Lipinski definition) is 5. The van der Waals surface area contributed by atoms with Crippen molar-refractivity contribution in [3.63, 3.8) is 0 Å². The Balaban J connectivity index is 2.84. The predicted molar refractivity (Wildman–Crippen MR) is 64.4 cm³/mol. The van der Waals surface area contributed by atoms with Gasteiger partial charge in [0, 0.05) is 18.8 Å². The van der Waals surface area contributed by atoms with E-state index in [0.29, 0.717) is 0 Å². The Morgan fingerprint density at radius 3 is 2.63 bits per heavy atom. The van der Waals surface area contributed by atoms with Crippen molar-refractivity contribution in [2.45, 2.75) is 23.8 Å². The zero-order chi connectivity index (χ0) is 14.5. The molecule has 1 aromatic rings. The summed E-state index contributed by atoms with van der Waals surface area (Å²) in [5.74, 6) is -2.08. The van der Waals surface area contributed by atoms with Crippen molar-refractivity contribution in [3.8, 4) is 0 Å². The summed E-state index contributed by atoms with van der Waals surface area (Å²) in [6.45, 7) is 0. The number of aromatic nitrogens is 1. The lowest BCUT2D eigenvalue weighted by Crippen LogP contribution is -2.41. The number of carboxylic acids is 1. The number of pyridine rings is 1. The van der Waals surface area contributed by atoms with Gasteiger partial charge in [-0.1, -0.05) is 0 Å². The summed E-state index contributed by atoms with van der Waals surface area (Å²) in [6.07, 6.45) is 2.03. The van der Waals surface area contributed by atoms with Gasteiger partial charge in [-0.2, -0.15) is 4.72 Å². The minimum atomic E-state index is -4.00. The van der Waals surface area contributed by atoms with E-state index in [0.717, 1.165) is 6.20 Å². The molecular weight excluding hydrogens is 274 g/mol. The van der Waals surface area contributed by atoms with Crippen molar-refractivity contribution in [2.75, 3.05) is 0 Å². The second kappa shape index (κ2) is 6.25. The fourth-order valence-electron chi connectivity index (χ4n) is 1.28. The summed E-state index contributed by atoms with van der Waals surface area (Å²) in [6, 6.07) is 1.27. The molecule has 0 aliphatic heterocycles. The van der Waals surface area contributed by atoms with Crippen LogP contribution in [-0.4, -0.2) is 36.4 Å². The lowest BCUT2D eigenvalue weighted by Gasteiger charge is -2.13. The van der Waals surface area contributed by atoms with E-state index in [4.69, 9.17) is 10.8 Å². The third kappa shape index (κ3) is 4.64.